The molecule has 10 nitrogen and oxygen atoms in total. The molecule has 3 aromatic carbocycles. The van der Waals surface area contributed by atoms with E-state index < -0.39 is 21.9 Å². The maximum atomic E-state index is 13.3. The fourth-order valence-corrected chi connectivity index (χ4v) is 3.73. The molecule has 4 rings (SSSR count). The fraction of sp³-hybridized carbons (Fsp3) is 0.0417. The average molecular weight is 508 g/mol. The van der Waals surface area contributed by atoms with Gasteiger partial charge in [-0.3, -0.25) is 0 Å². The molecule has 0 atom stereocenters. The summed E-state index contributed by atoms with van der Waals surface area (Å²) in [5.41, 5.74) is 2.29. The second-order valence-corrected chi connectivity index (χ2v) is 9.19. The van der Waals surface area contributed by atoms with Crippen molar-refractivity contribution in [3.8, 4) is 0 Å². The van der Waals surface area contributed by atoms with Crippen molar-refractivity contribution >= 4 is 50.6 Å². The summed E-state index contributed by atoms with van der Waals surface area (Å²) in [4.78, 5) is 22.7. The highest BCUT2D eigenvalue weighted by atomic mass is 32.2. The molecule has 36 heavy (non-hydrogen) atoms. The summed E-state index contributed by atoms with van der Waals surface area (Å²) >= 11 is 0. The number of nitrogens with two attached hydrogens (primary N) is 1. The van der Waals surface area contributed by atoms with Gasteiger partial charge in [0.15, 0.2) is 0 Å². The zero-order chi connectivity index (χ0) is 25.7. The highest BCUT2D eigenvalue weighted by molar-refractivity contribution is 7.89. The summed E-state index contributed by atoms with van der Waals surface area (Å²) in [6, 6.07) is 19.8. The van der Waals surface area contributed by atoms with E-state index in [1.165, 1.54) is 30.3 Å². The van der Waals surface area contributed by atoms with E-state index in [-0.39, 0.29) is 4.90 Å². The van der Waals surface area contributed by atoms with Gasteiger partial charge in [0.2, 0.25) is 16.0 Å². The van der Waals surface area contributed by atoms with Crippen LogP contribution in [0.5, 0.6) is 0 Å². The van der Waals surface area contributed by atoms with Crippen LogP contribution >= 0.6 is 0 Å². The first-order valence-electron chi connectivity index (χ1n) is 10.6. The van der Waals surface area contributed by atoms with E-state index in [1.807, 2.05) is 11.9 Å². The van der Waals surface area contributed by atoms with Gasteiger partial charge in [-0.1, -0.05) is 6.07 Å². The lowest BCUT2D eigenvalue weighted by atomic mass is 10.2. The molecule has 0 saturated heterocycles. The van der Waals surface area contributed by atoms with Crippen molar-refractivity contribution in [1.82, 2.24) is 9.97 Å². The SMILES string of the molecule is CN(c1ccc(NC(=O)Nc2cccc(F)c2)cc1)c1ccnc(Nc2ccc(S(N)(=O)=O)cc2)n1. The number of benzene rings is 3. The standard InChI is InChI=1S/C24H22FN7O3S/c1-32(20-9-5-18(6-10-20)29-24(33)30-19-4-2-3-16(25)15-19)22-13-14-27-23(31-22)28-17-7-11-21(12-8-17)36(26,34)35/h2-15H,1H3,(H2,26,34,35)(H,27,28,31)(H2,29,30,33). The first kappa shape index (κ1) is 24.6. The van der Waals surface area contributed by atoms with Gasteiger partial charge in [0.1, 0.15) is 11.6 Å². The maximum Gasteiger partial charge on any atom is 0.323 e. The van der Waals surface area contributed by atoms with Gasteiger partial charge >= 0.3 is 6.03 Å². The Hall–Kier alpha value is -4.55. The molecule has 4 aromatic rings. The number of hydrogen-bond acceptors (Lipinski definition) is 7. The molecule has 0 spiro atoms. The Morgan fingerprint density at radius 1 is 0.917 bits per heavy atom. The van der Waals surface area contributed by atoms with Crippen LogP contribution < -0.4 is 26.0 Å². The predicted molar refractivity (Wildman–Crippen MR) is 137 cm³/mol. The molecule has 0 bridgehead atoms. The van der Waals surface area contributed by atoms with Crippen LogP contribution in [0, 0.1) is 5.82 Å². The van der Waals surface area contributed by atoms with Gasteiger partial charge in [0, 0.05) is 36.0 Å². The number of nitrogens with one attached hydrogen (secondary N) is 3. The van der Waals surface area contributed by atoms with Crippen molar-refractivity contribution in [1.29, 1.82) is 0 Å². The number of anilines is 6. The normalized spacial score (nSPS) is 11.0. The van der Waals surface area contributed by atoms with Crippen LogP contribution in [0.4, 0.5) is 43.7 Å². The van der Waals surface area contributed by atoms with Crippen molar-refractivity contribution in [2.24, 2.45) is 5.14 Å². The molecule has 12 heteroatoms. The first-order valence-corrected chi connectivity index (χ1v) is 12.1. The third-order valence-corrected chi connectivity index (χ3v) is 5.95. The van der Waals surface area contributed by atoms with E-state index in [4.69, 9.17) is 5.14 Å². The number of hydrogen-bond donors (Lipinski definition) is 4. The second-order valence-electron chi connectivity index (χ2n) is 7.63. The number of sulfonamides is 1. The van der Waals surface area contributed by atoms with Gasteiger partial charge in [-0.05, 0) is 72.8 Å². The third kappa shape index (κ3) is 6.31. The fourth-order valence-electron chi connectivity index (χ4n) is 3.21. The number of nitrogens with zero attached hydrogens (tertiary/aromatic N) is 3. The minimum Gasteiger partial charge on any atom is -0.329 e. The summed E-state index contributed by atoms with van der Waals surface area (Å²) in [5.74, 6) is 0.469. The summed E-state index contributed by atoms with van der Waals surface area (Å²) < 4.78 is 36.1. The van der Waals surface area contributed by atoms with Gasteiger partial charge in [-0.2, -0.15) is 4.98 Å². The highest BCUT2D eigenvalue weighted by Gasteiger charge is 2.10. The molecular weight excluding hydrogens is 485 g/mol. The van der Waals surface area contributed by atoms with Gasteiger partial charge in [-0.25, -0.2) is 27.7 Å². The number of carbonyl (C=O) groups excluding carboxylic acids is 1. The first-order chi connectivity index (χ1) is 17.2. The molecule has 184 valence electrons. The van der Waals surface area contributed by atoms with Crippen molar-refractivity contribution in [3.63, 3.8) is 0 Å². The lowest BCUT2D eigenvalue weighted by Gasteiger charge is -2.19. The van der Waals surface area contributed by atoms with E-state index >= 15 is 0 Å². The lowest BCUT2D eigenvalue weighted by molar-refractivity contribution is 0.262. The monoisotopic (exact) mass is 507 g/mol. The Balaban J connectivity index is 1.40. The lowest BCUT2D eigenvalue weighted by Crippen LogP contribution is -2.19. The number of amides is 2. The molecule has 1 heterocycles. The highest BCUT2D eigenvalue weighted by Crippen LogP contribution is 2.25. The van der Waals surface area contributed by atoms with E-state index in [0.29, 0.717) is 28.8 Å². The smallest absolute Gasteiger partial charge is 0.323 e. The molecule has 0 aliphatic rings. The van der Waals surface area contributed by atoms with Crippen molar-refractivity contribution in [2.45, 2.75) is 4.90 Å². The molecule has 1 aromatic heterocycles. The van der Waals surface area contributed by atoms with Crippen LogP contribution in [0.25, 0.3) is 0 Å². The average Bonchev–Trinajstić information content (AvgIpc) is 2.84. The van der Waals surface area contributed by atoms with Gasteiger partial charge < -0.3 is 20.9 Å². The number of carbonyl (C=O) groups is 1. The zero-order valence-electron chi connectivity index (χ0n) is 19.0. The summed E-state index contributed by atoms with van der Waals surface area (Å²) in [7, 11) is -1.95. The predicted octanol–water partition coefficient (Wildman–Crippen LogP) is 4.42. The molecule has 0 saturated carbocycles. The van der Waals surface area contributed by atoms with Crippen LogP contribution in [0.2, 0.25) is 0 Å². The summed E-state index contributed by atoms with van der Waals surface area (Å²) in [6.45, 7) is 0. The second kappa shape index (κ2) is 10.4. The number of urea groups is 1. The van der Waals surface area contributed by atoms with Crippen LogP contribution in [-0.2, 0) is 10.0 Å². The van der Waals surface area contributed by atoms with E-state index in [9.17, 15) is 17.6 Å². The summed E-state index contributed by atoms with van der Waals surface area (Å²) in [5, 5.41) is 13.4. The van der Waals surface area contributed by atoms with Crippen LogP contribution in [0.3, 0.4) is 0 Å². The molecule has 5 N–H and O–H groups in total. The third-order valence-electron chi connectivity index (χ3n) is 5.02. The minimum atomic E-state index is -3.77. The van der Waals surface area contributed by atoms with Crippen LogP contribution in [-0.4, -0.2) is 31.5 Å². The summed E-state index contributed by atoms with van der Waals surface area (Å²) in [6.07, 6.45) is 1.59. The van der Waals surface area contributed by atoms with Crippen LogP contribution in [0.1, 0.15) is 0 Å². The Morgan fingerprint density at radius 3 is 2.25 bits per heavy atom. The quantitative estimate of drug-likeness (QED) is 0.290. The minimum absolute atomic E-state index is 0.00633. The maximum absolute atomic E-state index is 13.3. The molecule has 0 fully saturated rings. The van der Waals surface area contributed by atoms with Gasteiger partial charge in [-0.15, -0.1) is 0 Å². The van der Waals surface area contributed by atoms with Gasteiger partial charge in [0.25, 0.3) is 0 Å². The Kier molecular flexibility index (Phi) is 7.08. The molecule has 0 aliphatic heterocycles. The zero-order valence-corrected chi connectivity index (χ0v) is 19.8. The van der Waals surface area contributed by atoms with Crippen molar-refractivity contribution < 1.29 is 17.6 Å². The molecule has 0 unspecified atom stereocenters. The Bertz CT molecular complexity index is 1480. The number of rotatable bonds is 7. The number of aromatic nitrogens is 2. The number of halogens is 1. The van der Waals surface area contributed by atoms with Gasteiger partial charge in [0.05, 0.1) is 4.90 Å². The van der Waals surface area contributed by atoms with E-state index in [1.54, 1.807) is 54.7 Å². The van der Waals surface area contributed by atoms with Crippen molar-refractivity contribution in [3.05, 3.63) is 90.9 Å². The molecule has 2 amide bonds. The van der Waals surface area contributed by atoms with Crippen molar-refractivity contribution in [2.75, 3.05) is 27.9 Å². The molecular formula is C24H22FN7O3S. The largest absolute Gasteiger partial charge is 0.329 e. The van der Waals surface area contributed by atoms with E-state index in [0.717, 1.165) is 5.69 Å². The van der Waals surface area contributed by atoms with E-state index in [2.05, 4.69) is 25.9 Å². The Morgan fingerprint density at radius 2 is 1.58 bits per heavy atom. The number of primary sulfonamides is 1. The Labute approximate surface area is 207 Å². The molecule has 0 aliphatic carbocycles. The topological polar surface area (TPSA) is 142 Å². The van der Waals surface area contributed by atoms with Crippen LogP contribution in [0.15, 0.2) is 90.0 Å². The molecule has 0 radical (unpaired) electrons.